The van der Waals surface area contributed by atoms with Crippen molar-refractivity contribution in [2.45, 2.75) is 6.04 Å². The number of nitrogens with zero attached hydrogens (tertiary/aromatic N) is 2. The summed E-state index contributed by atoms with van der Waals surface area (Å²) in [6.45, 7) is 0. The summed E-state index contributed by atoms with van der Waals surface area (Å²) in [4.78, 5) is 24.0. The molecular formula is C18H14N4OS. The molecule has 6 heteroatoms. The lowest BCUT2D eigenvalue weighted by Crippen LogP contribution is -2.18. The first-order valence-corrected chi connectivity index (χ1v) is 8.39. The first-order chi connectivity index (χ1) is 11.8. The van der Waals surface area contributed by atoms with Gasteiger partial charge in [0.15, 0.2) is 0 Å². The molecule has 24 heavy (non-hydrogen) atoms. The number of aromatic amines is 1. The Morgan fingerprint density at radius 3 is 2.62 bits per heavy atom. The van der Waals surface area contributed by atoms with E-state index in [4.69, 9.17) is 0 Å². The van der Waals surface area contributed by atoms with Crippen LogP contribution in [0.3, 0.4) is 0 Å². The molecule has 4 rings (SSSR count). The summed E-state index contributed by atoms with van der Waals surface area (Å²) in [5.41, 5.74) is 1.56. The lowest BCUT2D eigenvalue weighted by atomic mass is 10.1. The number of anilines is 1. The smallest absolute Gasteiger partial charge is 0.260 e. The van der Waals surface area contributed by atoms with Crippen molar-refractivity contribution in [3.05, 3.63) is 87.1 Å². The van der Waals surface area contributed by atoms with Gasteiger partial charge < -0.3 is 5.32 Å². The van der Waals surface area contributed by atoms with Crippen LogP contribution in [0.5, 0.6) is 0 Å². The quantitative estimate of drug-likeness (QED) is 0.598. The Morgan fingerprint density at radius 2 is 1.83 bits per heavy atom. The topological polar surface area (TPSA) is 70.7 Å². The number of nitrogens with one attached hydrogen (secondary N) is 2. The summed E-state index contributed by atoms with van der Waals surface area (Å²) in [5, 5.41) is 6.74. The number of thiazole rings is 1. The molecule has 4 aromatic rings. The van der Waals surface area contributed by atoms with Crippen LogP contribution in [0, 0.1) is 0 Å². The van der Waals surface area contributed by atoms with E-state index in [1.54, 1.807) is 23.6 Å². The molecule has 0 fully saturated rings. The number of H-pyrrole nitrogens is 1. The molecule has 2 heterocycles. The molecule has 1 atom stereocenters. The number of rotatable bonds is 4. The van der Waals surface area contributed by atoms with E-state index in [-0.39, 0.29) is 11.6 Å². The SMILES string of the molecule is O=c1[nH]c(NC(c2ccccc2)c2nccs2)nc2ccccc12. The Balaban J connectivity index is 1.77. The summed E-state index contributed by atoms with van der Waals surface area (Å²) < 4.78 is 0. The van der Waals surface area contributed by atoms with E-state index in [1.807, 2.05) is 53.9 Å². The first-order valence-electron chi connectivity index (χ1n) is 7.51. The highest BCUT2D eigenvalue weighted by Gasteiger charge is 2.17. The van der Waals surface area contributed by atoms with Gasteiger partial charge in [0.05, 0.1) is 10.9 Å². The van der Waals surface area contributed by atoms with E-state index in [9.17, 15) is 4.79 Å². The van der Waals surface area contributed by atoms with Gasteiger partial charge in [0.2, 0.25) is 5.95 Å². The molecule has 0 saturated carbocycles. The van der Waals surface area contributed by atoms with Crippen LogP contribution in [0.25, 0.3) is 10.9 Å². The third kappa shape index (κ3) is 2.79. The number of aromatic nitrogens is 3. The van der Waals surface area contributed by atoms with Crippen LogP contribution in [0.1, 0.15) is 16.6 Å². The van der Waals surface area contributed by atoms with Crippen molar-refractivity contribution in [2.75, 3.05) is 5.32 Å². The van der Waals surface area contributed by atoms with Crippen LogP contribution in [0.4, 0.5) is 5.95 Å². The van der Waals surface area contributed by atoms with Crippen molar-refractivity contribution in [2.24, 2.45) is 0 Å². The molecule has 0 aliphatic rings. The Labute approximate surface area is 142 Å². The molecule has 0 saturated heterocycles. The summed E-state index contributed by atoms with van der Waals surface area (Å²) >= 11 is 1.56. The fourth-order valence-electron chi connectivity index (χ4n) is 2.60. The molecule has 0 aliphatic heterocycles. The minimum atomic E-state index is -0.171. The Kier molecular flexibility index (Phi) is 3.80. The molecule has 2 aromatic heterocycles. The number of para-hydroxylation sites is 1. The van der Waals surface area contributed by atoms with Crippen molar-refractivity contribution in [1.82, 2.24) is 15.0 Å². The van der Waals surface area contributed by atoms with E-state index in [1.165, 1.54) is 0 Å². The van der Waals surface area contributed by atoms with Gasteiger partial charge in [-0.1, -0.05) is 42.5 Å². The summed E-state index contributed by atoms with van der Waals surface area (Å²) in [7, 11) is 0. The third-order valence-electron chi connectivity index (χ3n) is 3.73. The van der Waals surface area contributed by atoms with E-state index in [0.717, 1.165) is 10.6 Å². The Hall–Kier alpha value is -2.99. The van der Waals surface area contributed by atoms with Crippen molar-refractivity contribution in [3.63, 3.8) is 0 Å². The average Bonchev–Trinajstić information content (AvgIpc) is 3.15. The maximum atomic E-state index is 12.3. The molecule has 1 unspecified atom stereocenters. The van der Waals surface area contributed by atoms with E-state index in [2.05, 4.69) is 20.3 Å². The predicted molar refractivity (Wildman–Crippen MR) is 96.4 cm³/mol. The van der Waals surface area contributed by atoms with Crippen molar-refractivity contribution >= 4 is 28.2 Å². The van der Waals surface area contributed by atoms with Gasteiger partial charge in [0.1, 0.15) is 11.0 Å². The standard InChI is InChI=1S/C18H14N4OS/c23-16-13-8-4-5-9-14(13)20-18(22-16)21-15(17-19-10-11-24-17)12-6-2-1-3-7-12/h1-11,15H,(H2,20,21,22,23). The van der Waals surface area contributed by atoms with E-state index < -0.39 is 0 Å². The highest BCUT2D eigenvalue weighted by atomic mass is 32.1. The van der Waals surface area contributed by atoms with Gasteiger partial charge in [0, 0.05) is 11.6 Å². The van der Waals surface area contributed by atoms with Crippen LogP contribution in [0.2, 0.25) is 0 Å². The van der Waals surface area contributed by atoms with Crippen molar-refractivity contribution in [3.8, 4) is 0 Å². The fourth-order valence-corrected chi connectivity index (χ4v) is 3.32. The van der Waals surface area contributed by atoms with Crippen molar-refractivity contribution < 1.29 is 0 Å². The maximum Gasteiger partial charge on any atom is 0.260 e. The second kappa shape index (κ2) is 6.25. The molecule has 0 spiro atoms. The maximum absolute atomic E-state index is 12.3. The number of hydrogen-bond acceptors (Lipinski definition) is 5. The van der Waals surface area contributed by atoms with Gasteiger partial charge in [-0.2, -0.15) is 0 Å². The molecule has 118 valence electrons. The minimum Gasteiger partial charge on any atom is -0.342 e. The molecular weight excluding hydrogens is 320 g/mol. The zero-order valence-corrected chi connectivity index (χ0v) is 13.5. The predicted octanol–water partition coefficient (Wildman–Crippen LogP) is 3.58. The van der Waals surface area contributed by atoms with Gasteiger partial charge in [-0.25, -0.2) is 9.97 Å². The summed E-state index contributed by atoms with van der Waals surface area (Å²) in [6, 6.07) is 17.1. The Morgan fingerprint density at radius 1 is 1.04 bits per heavy atom. The Bertz CT molecular complexity index is 1010. The summed E-state index contributed by atoms with van der Waals surface area (Å²) in [5.74, 6) is 0.433. The molecule has 5 nitrogen and oxygen atoms in total. The number of benzene rings is 2. The van der Waals surface area contributed by atoms with Gasteiger partial charge in [-0.3, -0.25) is 9.78 Å². The molecule has 0 amide bonds. The van der Waals surface area contributed by atoms with Crippen LogP contribution >= 0.6 is 11.3 Å². The van der Waals surface area contributed by atoms with Crippen LogP contribution in [-0.4, -0.2) is 15.0 Å². The summed E-state index contributed by atoms with van der Waals surface area (Å²) in [6.07, 6.45) is 1.77. The highest BCUT2D eigenvalue weighted by Crippen LogP contribution is 2.26. The zero-order valence-electron chi connectivity index (χ0n) is 12.6. The second-order valence-electron chi connectivity index (χ2n) is 5.29. The van der Waals surface area contributed by atoms with E-state index in [0.29, 0.717) is 16.9 Å². The van der Waals surface area contributed by atoms with Crippen LogP contribution in [-0.2, 0) is 0 Å². The highest BCUT2D eigenvalue weighted by molar-refractivity contribution is 7.09. The molecule has 0 bridgehead atoms. The molecule has 2 aromatic carbocycles. The van der Waals surface area contributed by atoms with Gasteiger partial charge in [-0.15, -0.1) is 11.3 Å². The van der Waals surface area contributed by atoms with Gasteiger partial charge in [-0.05, 0) is 17.7 Å². The minimum absolute atomic E-state index is 0.158. The van der Waals surface area contributed by atoms with Gasteiger partial charge in [0.25, 0.3) is 5.56 Å². The second-order valence-corrected chi connectivity index (χ2v) is 6.22. The molecule has 0 radical (unpaired) electrons. The van der Waals surface area contributed by atoms with Gasteiger partial charge >= 0.3 is 0 Å². The average molecular weight is 334 g/mol. The lowest BCUT2D eigenvalue weighted by molar-refractivity contribution is 0.895. The van der Waals surface area contributed by atoms with Crippen LogP contribution < -0.4 is 10.9 Å². The number of fused-ring (bicyclic) bond motifs is 1. The fraction of sp³-hybridized carbons (Fsp3) is 0.0556. The lowest BCUT2D eigenvalue weighted by Gasteiger charge is -2.17. The normalized spacial score (nSPS) is 12.2. The third-order valence-corrected chi connectivity index (χ3v) is 4.57. The number of hydrogen-bond donors (Lipinski definition) is 2. The van der Waals surface area contributed by atoms with Crippen molar-refractivity contribution in [1.29, 1.82) is 0 Å². The van der Waals surface area contributed by atoms with Crippen LogP contribution in [0.15, 0.2) is 71.0 Å². The largest absolute Gasteiger partial charge is 0.342 e. The molecule has 0 aliphatic carbocycles. The molecule has 2 N–H and O–H groups in total. The first kappa shape index (κ1) is 14.6. The van der Waals surface area contributed by atoms with E-state index >= 15 is 0 Å². The zero-order chi connectivity index (χ0) is 16.4. The monoisotopic (exact) mass is 334 g/mol.